The molecule has 1 aromatic rings. The summed E-state index contributed by atoms with van der Waals surface area (Å²) in [4.78, 5) is 4.17. The van der Waals surface area contributed by atoms with Crippen LogP contribution in [0.2, 0.25) is 0 Å². The molecular weight excluding hydrogens is 292 g/mol. The number of hydrogen-bond acceptors (Lipinski definition) is 4. The molecule has 0 spiro atoms. The Hall–Kier alpha value is -0.390. The van der Waals surface area contributed by atoms with Crippen molar-refractivity contribution < 1.29 is 0 Å². The van der Waals surface area contributed by atoms with E-state index in [0.29, 0.717) is 11.0 Å². The fourth-order valence-electron chi connectivity index (χ4n) is 2.37. The first-order valence-electron chi connectivity index (χ1n) is 6.55. The largest absolute Gasteiger partial charge is 0.389 e. The number of hydrogen-bond donors (Lipinski definition) is 1. The molecule has 1 aliphatic rings. The topological polar surface area (TPSA) is 29.3 Å². The Kier molecular flexibility index (Phi) is 5.42. The number of nitrogens with two attached hydrogens (primary N) is 1. The molecule has 2 N–H and O–H groups in total. The molecule has 2 rings (SSSR count). The van der Waals surface area contributed by atoms with Gasteiger partial charge in [-0.1, -0.05) is 25.2 Å². The molecule has 0 amide bonds. The van der Waals surface area contributed by atoms with E-state index < -0.39 is 0 Å². The van der Waals surface area contributed by atoms with Crippen molar-refractivity contribution in [3.63, 3.8) is 0 Å². The average Bonchev–Trinajstić information content (AvgIpc) is 2.39. The summed E-state index contributed by atoms with van der Waals surface area (Å²) in [5.74, 6) is 3.37. The van der Waals surface area contributed by atoms with E-state index in [9.17, 15) is 0 Å². The summed E-state index contributed by atoms with van der Waals surface area (Å²) >= 11 is 9.12. The highest BCUT2D eigenvalue weighted by atomic mass is 32.2. The Morgan fingerprint density at radius 3 is 3.00 bits per heavy atom. The minimum absolute atomic E-state index is 0.511. The van der Waals surface area contributed by atoms with Crippen LogP contribution in [0.3, 0.4) is 0 Å². The van der Waals surface area contributed by atoms with Crippen LogP contribution in [0.4, 0.5) is 5.69 Å². The Bertz CT molecular complexity index is 462. The van der Waals surface area contributed by atoms with Crippen LogP contribution in [-0.4, -0.2) is 34.8 Å². The minimum Gasteiger partial charge on any atom is -0.389 e. The summed E-state index contributed by atoms with van der Waals surface area (Å²) in [5.41, 5.74) is 8.25. The molecule has 5 heteroatoms. The summed E-state index contributed by atoms with van der Waals surface area (Å²) in [6.07, 6.45) is 0. The fraction of sp³-hybridized carbons (Fsp3) is 0.500. The van der Waals surface area contributed by atoms with Gasteiger partial charge < -0.3 is 10.6 Å². The standard InChI is InChI=1S/C14H20N2S3/c1-3-19-12-6-4-5-11(13(12)14(15)17)16-7-8-18-9-10(16)2/h4-6,10H,3,7-9H2,1-2H3,(H2,15,17). The second-order valence-electron chi connectivity index (χ2n) is 4.56. The van der Waals surface area contributed by atoms with Crippen molar-refractivity contribution in [3.8, 4) is 0 Å². The number of thiocarbonyl (C=S) groups is 1. The second kappa shape index (κ2) is 6.86. The predicted molar refractivity (Wildman–Crippen MR) is 92.9 cm³/mol. The van der Waals surface area contributed by atoms with Gasteiger partial charge in [0, 0.05) is 40.2 Å². The molecule has 1 fully saturated rings. The van der Waals surface area contributed by atoms with Crippen LogP contribution in [0, 0.1) is 0 Å². The van der Waals surface area contributed by atoms with Gasteiger partial charge in [-0.05, 0) is 24.8 Å². The molecule has 0 radical (unpaired) electrons. The summed E-state index contributed by atoms with van der Waals surface area (Å²) in [5, 5.41) is 0. The summed E-state index contributed by atoms with van der Waals surface area (Å²) in [7, 11) is 0. The van der Waals surface area contributed by atoms with Gasteiger partial charge >= 0.3 is 0 Å². The lowest BCUT2D eigenvalue weighted by atomic mass is 10.1. The maximum atomic E-state index is 5.98. The second-order valence-corrected chi connectivity index (χ2v) is 7.46. The van der Waals surface area contributed by atoms with Gasteiger partial charge in [-0.2, -0.15) is 11.8 Å². The number of rotatable bonds is 4. The molecule has 0 aliphatic carbocycles. The minimum atomic E-state index is 0.511. The van der Waals surface area contributed by atoms with Gasteiger partial charge in [0.25, 0.3) is 0 Å². The summed E-state index contributed by atoms with van der Waals surface area (Å²) < 4.78 is 0. The van der Waals surface area contributed by atoms with E-state index in [4.69, 9.17) is 18.0 Å². The van der Waals surface area contributed by atoms with Crippen molar-refractivity contribution in [2.24, 2.45) is 5.73 Å². The average molecular weight is 313 g/mol. The van der Waals surface area contributed by atoms with Gasteiger partial charge in [-0.25, -0.2) is 0 Å². The fourth-order valence-corrected chi connectivity index (χ4v) is 4.50. The van der Waals surface area contributed by atoms with E-state index in [1.807, 2.05) is 23.5 Å². The van der Waals surface area contributed by atoms with Crippen molar-refractivity contribution in [2.45, 2.75) is 24.8 Å². The highest BCUT2D eigenvalue weighted by Gasteiger charge is 2.23. The maximum Gasteiger partial charge on any atom is 0.107 e. The highest BCUT2D eigenvalue weighted by molar-refractivity contribution is 7.99. The van der Waals surface area contributed by atoms with Crippen LogP contribution >= 0.6 is 35.7 Å². The van der Waals surface area contributed by atoms with Crippen LogP contribution < -0.4 is 10.6 Å². The van der Waals surface area contributed by atoms with E-state index >= 15 is 0 Å². The lowest BCUT2D eigenvalue weighted by molar-refractivity contribution is 0.698. The van der Waals surface area contributed by atoms with E-state index in [1.54, 1.807) is 0 Å². The van der Waals surface area contributed by atoms with Crippen molar-refractivity contribution in [1.29, 1.82) is 0 Å². The molecule has 0 saturated carbocycles. The number of thioether (sulfide) groups is 2. The van der Waals surface area contributed by atoms with Gasteiger partial charge in [0.2, 0.25) is 0 Å². The van der Waals surface area contributed by atoms with Gasteiger partial charge in [0.1, 0.15) is 4.99 Å². The highest BCUT2D eigenvalue weighted by Crippen LogP contribution is 2.33. The first-order valence-corrected chi connectivity index (χ1v) is 9.10. The van der Waals surface area contributed by atoms with E-state index in [2.05, 4.69) is 36.9 Å². The van der Waals surface area contributed by atoms with Crippen LogP contribution in [0.15, 0.2) is 23.1 Å². The molecule has 104 valence electrons. The Morgan fingerprint density at radius 2 is 2.37 bits per heavy atom. The van der Waals surface area contributed by atoms with Gasteiger partial charge in [-0.15, -0.1) is 11.8 Å². The first kappa shape index (κ1) is 15.0. The molecule has 1 unspecified atom stereocenters. The third kappa shape index (κ3) is 3.38. The summed E-state index contributed by atoms with van der Waals surface area (Å²) in [6, 6.07) is 6.92. The smallest absolute Gasteiger partial charge is 0.107 e. The number of anilines is 1. The molecule has 2 nitrogen and oxygen atoms in total. The zero-order valence-electron chi connectivity index (χ0n) is 11.4. The van der Waals surface area contributed by atoms with Crippen LogP contribution in [0.25, 0.3) is 0 Å². The Morgan fingerprint density at radius 1 is 1.58 bits per heavy atom. The quantitative estimate of drug-likeness (QED) is 0.680. The Labute approximate surface area is 129 Å². The van der Waals surface area contributed by atoms with Gasteiger partial charge in [-0.3, -0.25) is 0 Å². The number of nitrogens with zero attached hydrogens (tertiary/aromatic N) is 1. The molecule has 1 saturated heterocycles. The van der Waals surface area contributed by atoms with Gasteiger partial charge in [0.05, 0.1) is 0 Å². The van der Waals surface area contributed by atoms with E-state index in [-0.39, 0.29) is 0 Å². The van der Waals surface area contributed by atoms with Crippen molar-refractivity contribution >= 4 is 46.4 Å². The molecule has 0 aromatic heterocycles. The monoisotopic (exact) mass is 312 g/mol. The molecule has 1 atom stereocenters. The SMILES string of the molecule is CCSc1cccc(N2CCSCC2C)c1C(N)=S. The zero-order chi connectivity index (χ0) is 13.8. The Balaban J connectivity index is 2.43. The van der Waals surface area contributed by atoms with E-state index in [0.717, 1.165) is 17.9 Å². The molecule has 1 aromatic carbocycles. The van der Waals surface area contributed by atoms with Gasteiger partial charge in [0.15, 0.2) is 0 Å². The third-order valence-electron chi connectivity index (χ3n) is 3.23. The van der Waals surface area contributed by atoms with Crippen molar-refractivity contribution in [2.75, 3.05) is 28.7 Å². The molecule has 0 bridgehead atoms. The predicted octanol–water partition coefficient (Wildman–Crippen LogP) is 3.37. The zero-order valence-corrected chi connectivity index (χ0v) is 13.8. The lowest BCUT2D eigenvalue weighted by Gasteiger charge is -2.36. The van der Waals surface area contributed by atoms with Crippen molar-refractivity contribution in [3.05, 3.63) is 23.8 Å². The maximum absolute atomic E-state index is 5.98. The third-order valence-corrected chi connectivity index (χ3v) is 5.56. The molecule has 19 heavy (non-hydrogen) atoms. The molecule has 1 aliphatic heterocycles. The first-order chi connectivity index (χ1) is 9.15. The van der Waals surface area contributed by atoms with Crippen LogP contribution in [-0.2, 0) is 0 Å². The van der Waals surface area contributed by atoms with Crippen LogP contribution in [0.5, 0.6) is 0 Å². The van der Waals surface area contributed by atoms with E-state index in [1.165, 1.54) is 22.1 Å². The molecular formula is C14H20N2S3. The number of benzene rings is 1. The summed E-state index contributed by atoms with van der Waals surface area (Å²) in [6.45, 7) is 5.50. The molecule has 1 heterocycles. The normalized spacial score (nSPS) is 19.5. The lowest BCUT2D eigenvalue weighted by Crippen LogP contribution is -2.41. The van der Waals surface area contributed by atoms with Crippen molar-refractivity contribution in [1.82, 2.24) is 0 Å². The van der Waals surface area contributed by atoms with Crippen LogP contribution in [0.1, 0.15) is 19.4 Å².